The van der Waals surface area contributed by atoms with E-state index in [-0.39, 0.29) is 11.4 Å². The van der Waals surface area contributed by atoms with Crippen LogP contribution in [0, 0.1) is 11.3 Å². The molecule has 0 heterocycles. The Labute approximate surface area is 121 Å². The highest BCUT2D eigenvalue weighted by molar-refractivity contribution is 6.00. The Morgan fingerprint density at radius 3 is 2.48 bits per heavy atom. The van der Waals surface area contributed by atoms with E-state index in [2.05, 4.69) is 10.6 Å². The number of urea groups is 1. The number of amides is 2. The number of carbonyl (C=O) groups excluding carboxylic acids is 1. The summed E-state index contributed by atoms with van der Waals surface area (Å²) in [5.74, 6) is 0.518. The Hall–Kier alpha value is -3.20. The summed E-state index contributed by atoms with van der Waals surface area (Å²) in [6.45, 7) is 0. The van der Waals surface area contributed by atoms with Crippen LogP contribution in [0.5, 0.6) is 11.5 Å². The third kappa shape index (κ3) is 3.64. The minimum atomic E-state index is -0.500. The van der Waals surface area contributed by atoms with E-state index in [0.29, 0.717) is 17.0 Å². The second-order valence-corrected chi connectivity index (χ2v) is 4.15. The van der Waals surface area contributed by atoms with Gasteiger partial charge in [0.15, 0.2) is 0 Å². The molecule has 6 nitrogen and oxygen atoms in total. The first-order chi connectivity index (χ1) is 10.1. The summed E-state index contributed by atoms with van der Waals surface area (Å²) in [5.41, 5.74) is 1.12. The van der Waals surface area contributed by atoms with Gasteiger partial charge in [-0.1, -0.05) is 0 Å². The van der Waals surface area contributed by atoms with Crippen molar-refractivity contribution in [2.45, 2.75) is 0 Å². The van der Waals surface area contributed by atoms with Crippen molar-refractivity contribution in [3.8, 4) is 17.6 Å². The van der Waals surface area contributed by atoms with Crippen molar-refractivity contribution < 1.29 is 14.6 Å². The van der Waals surface area contributed by atoms with Gasteiger partial charge in [-0.05, 0) is 42.5 Å². The molecule has 2 aromatic rings. The molecule has 0 spiro atoms. The van der Waals surface area contributed by atoms with E-state index in [4.69, 9.17) is 10.00 Å². The van der Waals surface area contributed by atoms with Gasteiger partial charge in [0.25, 0.3) is 0 Å². The average molecular weight is 283 g/mol. The van der Waals surface area contributed by atoms with Crippen LogP contribution in [-0.2, 0) is 0 Å². The lowest BCUT2D eigenvalue weighted by molar-refractivity contribution is 0.262. The van der Waals surface area contributed by atoms with Crippen molar-refractivity contribution >= 4 is 17.4 Å². The summed E-state index contributed by atoms with van der Waals surface area (Å²) >= 11 is 0. The second kappa shape index (κ2) is 6.30. The van der Waals surface area contributed by atoms with Gasteiger partial charge in [-0.15, -0.1) is 0 Å². The normalized spacial score (nSPS) is 9.52. The largest absolute Gasteiger partial charge is 0.506 e. The molecule has 0 radical (unpaired) electrons. The number of nitriles is 1. The van der Waals surface area contributed by atoms with Crippen LogP contribution in [0.1, 0.15) is 5.56 Å². The Morgan fingerprint density at radius 1 is 1.19 bits per heavy atom. The summed E-state index contributed by atoms with van der Waals surface area (Å²) in [7, 11) is 1.56. The minimum absolute atomic E-state index is 0.168. The van der Waals surface area contributed by atoms with Gasteiger partial charge < -0.3 is 20.5 Å². The highest BCUT2D eigenvalue weighted by atomic mass is 16.5. The van der Waals surface area contributed by atoms with Crippen molar-refractivity contribution in [1.82, 2.24) is 0 Å². The lowest BCUT2D eigenvalue weighted by atomic mass is 10.2. The number of phenolic OH excluding ortho intramolecular Hbond substituents is 1. The zero-order chi connectivity index (χ0) is 15.2. The van der Waals surface area contributed by atoms with E-state index in [1.54, 1.807) is 31.4 Å². The predicted molar refractivity (Wildman–Crippen MR) is 78.5 cm³/mol. The quantitative estimate of drug-likeness (QED) is 0.755. The zero-order valence-electron chi connectivity index (χ0n) is 11.3. The van der Waals surface area contributed by atoms with Crippen molar-refractivity contribution in [1.29, 1.82) is 5.26 Å². The first-order valence-corrected chi connectivity index (χ1v) is 6.07. The monoisotopic (exact) mass is 283 g/mol. The smallest absolute Gasteiger partial charge is 0.323 e. The molecule has 0 aliphatic heterocycles. The van der Waals surface area contributed by atoms with Crippen LogP contribution < -0.4 is 15.4 Å². The number of hydrogen-bond acceptors (Lipinski definition) is 4. The van der Waals surface area contributed by atoms with Crippen molar-refractivity contribution in [2.75, 3.05) is 17.7 Å². The predicted octanol–water partition coefficient (Wildman–Crippen LogP) is 2.92. The molecule has 2 rings (SSSR count). The van der Waals surface area contributed by atoms with E-state index in [1.807, 2.05) is 6.07 Å². The summed E-state index contributed by atoms with van der Waals surface area (Å²) < 4.78 is 5.02. The van der Waals surface area contributed by atoms with Gasteiger partial charge in [0.1, 0.15) is 11.5 Å². The SMILES string of the molecule is COc1ccc(NC(=O)Nc2ccc(C#N)cc2O)cc1. The van der Waals surface area contributed by atoms with Gasteiger partial charge >= 0.3 is 6.03 Å². The molecule has 3 N–H and O–H groups in total. The van der Waals surface area contributed by atoms with Crippen molar-refractivity contribution in [2.24, 2.45) is 0 Å². The molecule has 2 amide bonds. The van der Waals surface area contributed by atoms with Gasteiger partial charge in [0, 0.05) is 5.69 Å². The fourth-order valence-electron chi connectivity index (χ4n) is 1.67. The summed E-state index contributed by atoms with van der Waals surface area (Å²) in [6, 6.07) is 12.5. The lowest BCUT2D eigenvalue weighted by Crippen LogP contribution is -2.19. The topological polar surface area (TPSA) is 94.4 Å². The second-order valence-electron chi connectivity index (χ2n) is 4.15. The van der Waals surface area contributed by atoms with Gasteiger partial charge in [-0.3, -0.25) is 0 Å². The fourth-order valence-corrected chi connectivity index (χ4v) is 1.67. The molecule has 0 bridgehead atoms. The molecule has 6 heteroatoms. The lowest BCUT2D eigenvalue weighted by Gasteiger charge is -2.09. The van der Waals surface area contributed by atoms with Crippen LogP contribution in [0.4, 0.5) is 16.2 Å². The number of aromatic hydroxyl groups is 1. The van der Waals surface area contributed by atoms with E-state index < -0.39 is 6.03 Å². The number of phenols is 1. The van der Waals surface area contributed by atoms with Gasteiger partial charge in [-0.2, -0.15) is 5.26 Å². The van der Waals surface area contributed by atoms with Gasteiger partial charge in [-0.25, -0.2) is 4.79 Å². The van der Waals surface area contributed by atoms with E-state index >= 15 is 0 Å². The maximum atomic E-state index is 11.8. The maximum absolute atomic E-state index is 11.8. The zero-order valence-corrected chi connectivity index (χ0v) is 11.3. The molecular formula is C15H13N3O3. The van der Waals surface area contributed by atoms with Crippen LogP contribution in [-0.4, -0.2) is 18.2 Å². The van der Waals surface area contributed by atoms with E-state index in [0.717, 1.165) is 0 Å². The third-order valence-electron chi connectivity index (χ3n) is 2.72. The van der Waals surface area contributed by atoms with Crippen molar-refractivity contribution in [3.63, 3.8) is 0 Å². The molecule has 0 unspecified atom stereocenters. The van der Waals surface area contributed by atoms with Crippen LogP contribution in [0.15, 0.2) is 42.5 Å². The van der Waals surface area contributed by atoms with Crippen LogP contribution in [0.25, 0.3) is 0 Å². The number of methoxy groups -OCH3 is 1. The number of nitrogens with zero attached hydrogens (tertiary/aromatic N) is 1. The number of ether oxygens (including phenoxy) is 1. The molecule has 0 aliphatic carbocycles. The highest BCUT2D eigenvalue weighted by Crippen LogP contribution is 2.24. The highest BCUT2D eigenvalue weighted by Gasteiger charge is 2.07. The Morgan fingerprint density at radius 2 is 1.90 bits per heavy atom. The number of hydrogen-bond donors (Lipinski definition) is 3. The summed E-state index contributed by atoms with van der Waals surface area (Å²) in [6.07, 6.45) is 0. The number of anilines is 2. The molecule has 0 aliphatic rings. The number of nitrogens with one attached hydrogen (secondary N) is 2. The van der Waals surface area contributed by atoms with E-state index in [9.17, 15) is 9.90 Å². The summed E-state index contributed by atoms with van der Waals surface area (Å²) in [5, 5.41) is 23.5. The number of benzene rings is 2. The Balaban J connectivity index is 2.02. The molecule has 0 saturated heterocycles. The molecule has 0 saturated carbocycles. The summed E-state index contributed by atoms with van der Waals surface area (Å²) in [4.78, 5) is 11.8. The van der Waals surface area contributed by atoms with Gasteiger partial charge in [0.2, 0.25) is 0 Å². The molecule has 21 heavy (non-hydrogen) atoms. The minimum Gasteiger partial charge on any atom is -0.506 e. The third-order valence-corrected chi connectivity index (χ3v) is 2.72. The fraction of sp³-hybridized carbons (Fsp3) is 0.0667. The molecule has 2 aromatic carbocycles. The molecule has 0 fully saturated rings. The van der Waals surface area contributed by atoms with E-state index in [1.165, 1.54) is 18.2 Å². The van der Waals surface area contributed by atoms with Gasteiger partial charge in [0.05, 0.1) is 24.4 Å². The van der Waals surface area contributed by atoms with Crippen LogP contribution in [0.3, 0.4) is 0 Å². The molecule has 106 valence electrons. The van der Waals surface area contributed by atoms with Crippen LogP contribution >= 0.6 is 0 Å². The standard InChI is InChI=1S/C15H13N3O3/c1-21-12-5-3-11(4-6-12)17-15(20)18-13-7-2-10(9-16)8-14(13)19/h2-8,19H,1H3,(H2,17,18,20). The molecule has 0 aromatic heterocycles. The molecule has 0 atom stereocenters. The maximum Gasteiger partial charge on any atom is 0.323 e. The van der Waals surface area contributed by atoms with Crippen LogP contribution in [0.2, 0.25) is 0 Å². The Bertz CT molecular complexity index is 690. The molecular weight excluding hydrogens is 270 g/mol. The number of carbonyl (C=O) groups is 1. The van der Waals surface area contributed by atoms with Crippen molar-refractivity contribution in [3.05, 3.63) is 48.0 Å². The first kappa shape index (κ1) is 14.2. The number of rotatable bonds is 3. The average Bonchev–Trinajstić information content (AvgIpc) is 2.50. The first-order valence-electron chi connectivity index (χ1n) is 6.07. The Kier molecular flexibility index (Phi) is 4.26.